The van der Waals surface area contributed by atoms with Crippen LogP contribution >= 0.6 is 11.6 Å². The number of hydrogen-bond acceptors (Lipinski definition) is 2. The lowest BCUT2D eigenvalue weighted by molar-refractivity contribution is 0.0292. The van der Waals surface area contributed by atoms with Crippen LogP contribution in [-0.4, -0.2) is 22.8 Å². The Balaban J connectivity index is 2.14. The van der Waals surface area contributed by atoms with Gasteiger partial charge in [-0.3, -0.25) is 0 Å². The van der Waals surface area contributed by atoms with Crippen molar-refractivity contribution < 1.29 is 9.13 Å². The van der Waals surface area contributed by atoms with Crippen LogP contribution in [0.25, 0.3) is 11.0 Å². The zero-order valence-electron chi connectivity index (χ0n) is 10.8. The number of halogens is 2. The molecule has 0 radical (unpaired) electrons. The summed E-state index contributed by atoms with van der Waals surface area (Å²) in [6.07, 6.45) is 0.938. The zero-order valence-corrected chi connectivity index (χ0v) is 11.5. The molecular weight excluding hydrogens is 267 g/mol. The number of rotatable bonds is 2. The molecule has 1 aromatic heterocycles. The van der Waals surface area contributed by atoms with E-state index >= 15 is 0 Å². The number of benzene rings is 1. The first kappa shape index (κ1) is 12.9. The van der Waals surface area contributed by atoms with Gasteiger partial charge in [-0.05, 0) is 18.6 Å². The molecule has 102 valence electrons. The molecule has 3 nitrogen and oxygen atoms in total. The fourth-order valence-electron chi connectivity index (χ4n) is 2.84. The minimum atomic E-state index is -0.265. The summed E-state index contributed by atoms with van der Waals surface area (Å²) in [5.41, 5.74) is 1.63. The van der Waals surface area contributed by atoms with Gasteiger partial charge >= 0.3 is 0 Å². The molecule has 0 aliphatic carbocycles. The molecule has 0 bridgehead atoms. The van der Waals surface area contributed by atoms with E-state index in [1.165, 1.54) is 12.1 Å². The maximum atomic E-state index is 13.3. The maximum absolute atomic E-state index is 13.3. The Morgan fingerprint density at radius 3 is 3.11 bits per heavy atom. The Hall–Kier alpha value is -1.13. The average Bonchev–Trinajstić information content (AvgIpc) is 2.76. The van der Waals surface area contributed by atoms with E-state index in [9.17, 15) is 4.39 Å². The highest BCUT2D eigenvalue weighted by atomic mass is 35.5. The molecule has 1 aromatic carbocycles. The van der Waals surface area contributed by atoms with Gasteiger partial charge in [-0.25, -0.2) is 9.37 Å². The third-order valence-electron chi connectivity index (χ3n) is 3.77. The Kier molecular flexibility index (Phi) is 3.46. The van der Waals surface area contributed by atoms with Crippen LogP contribution in [0.5, 0.6) is 0 Å². The molecule has 0 spiro atoms. The van der Waals surface area contributed by atoms with Crippen LogP contribution in [0.1, 0.15) is 25.2 Å². The molecule has 2 aromatic rings. The molecule has 1 aliphatic heterocycles. The van der Waals surface area contributed by atoms with Crippen LogP contribution in [0, 0.1) is 11.7 Å². The van der Waals surface area contributed by atoms with E-state index < -0.39 is 0 Å². The third kappa shape index (κ3) is 2.23. The predicted molar refractivity (Wildman–Crippen MR) is 72.9 cm³/mol. The summed E-state index contributed by atoms with van der Waals surface area (Å²) >= 11 is 6.00. The average molecular weight is 283 g/mol. The van der Waals surface area contributed by atoms with Gasteiger partial charge in [0.1, 0.15) is 11.6 Å². The van der Waals surface area contributed by atoms with Crippen molar-refractivity contribution in [3.63, 3.8) is 0 Å². The van der Waals surface area contributed by atoms with Crippen molar-refractivity contribution in [2.24, 2.45) is 5.92 Å². The summed E-state index contributed by atoms with van der Waals surface area (Å²) < 4.78 is 20.9. The monoisotopic (exact) mass is 282 g/mol. The molecule has 5 heteroatoms. The van der Waals surface area contributed by atoms with Crippen LogP contribution in [0.15, 0.2) is 18.2 Å². The van der Waals surface area contributed by atoms with Crippen molar-refractivity contribution in [1.29, 1.82) is 0 Å². The number of aromatic nitrogens is 2. The Morgan fingerprint density at radius 1 is 1.53 bits per heavy atom. The van der Waals surface area contributed by atoms with E-state index in [2.05, 4.69) is 16.5 Å². The Morgan fingerprint density at radius 2 is 2.37 bits per heavy atom. The van der Waals surface area contributed by atoms with E-state index in [0.717, 1.165) is 31.0 Å². The summed E-state index contributed by atoms with van der Waals surface area (Å²) in [6, 6.07) is 5.04. The first-order valence-corrected chi connectivity index (χ1v) is 7.04. The molecule has 3 rings (SSSR count). The normalized spacial score (nSPS) is 23.9. The third-order valence-corrected chi connectivity index (χ3v) is 4.01. The van der Waals surface area contributed by atoms with Gasteiger partial charge < -0.3 is 9.30 Å². The number of fused-ring (bicyclic) bond motifs is 1. The van der Waals surface area contributed by atoms with E-state index in [-0.39, 0.29) is 5.82 Å². The van der Waals surface area contributed by atoms with Crippen molar-refractivity contribution in [3.8, 4) is 0 Å². The number of hydrogen-bond donors (Lipinski definition) is 0. The van der Waals surface area contributed by atoms with Crippen molar-refractivity contribution in [3.05, 3.63) is 29.8 Å². The summed E-state index contributed by atoms with van der Waals surface area (Å²) in [5.74, 6) is 1.28. The molecule has 0 saturated carbocycles. The summed E-state index contributed by atoms with van der Waals surface area (Å²) in [7, 11) is 0. The van der Waals surface area contributed by atoms with Crippen LogP contribution in [0.3, 0.4) is 0 Å². The molecule has 1 fully saturated rings. The maximum Gasteiger partial charge on any atom is 0.125 e. The summed E-state index contributed by atoms with van der Waals surface area (Å²) in [5, 5.41) is 0. The first-order chi connectivity index (χ1) is 9.20. The second-order valence-electron chi connectivity index (χ2n) is 5.07. The molecule has 2 atom stereocenters. The number of imidazole rings is 1. The lowest BCUT2D eigenvalue weighted by atomic mass is 9.97. The van der Waals surface area contributed by atoms with Crippen molar-refractivity contribution >= 4 is 22.6 Å². The zero-order chi connectivity index (χ0) is 13.4. The van der Waals surface area contributed by atoms with Crippen LogP contribution in [0.4, 0.5) is 4.39 Å². The second-order valence-corrected chi connectivity index (χ2v) is 5.34. The highest BCUT2D eigenvalue weighted by molar-refractivity contribution is 6.16. The fraction of sp³-hybridized carbons (Fsp3) is 0.500. The Bertz CT molecular complexity index is 598. The van der Waals surface area contributed by atoms with Gasteiger partial charge in [0.25, 0.3) is 0 Å². The lowest BCUT2D eigenvalue weighted by Crippen LogP contribution is -2.28. The van der Waals surface area contributed by atoms with Crippen molar-refractivity contribution in [2.45, 2.75) is 25.3 Å². The Labute approximate surface area is 116 Å². The number of nitrogens with zero attached hydrogens (tertiary/aromatic N) is 2. The smallest absolute Gasteiger partial charge is 0.125 e. The van der Waals surface area contributed by atoms with Gasteiger partial charge in [0, 0.05) is 24.6 Å². The standard InChI is InChI=1S/C14H16ClFN2O/c1-9-8-19-5-4-12(9)18-13-3-2-10(16)6-11(13)17-14(18)7-15/h2-3,6,9,12H,4-5,7-8H2,1H3. The molecule has 1 saturated heterocycles. The molecule has 19 heavy (non-hydrogen) atoms. The van der Waals surface area contributed by atoms with Gasteiger partial charge in [0.2, 0.25) is 0 Å². The summed E-state index contributed by atoms with van der Waals surface area (Å²) in [6.45, 7) is 3.65. The second kappa shape index (κ2) is 5.10. The fourth-order valence-corrected chi connectivity index (χ4v) is 3.03. The molecular formula is C14H16ClFN2O. The molecule has 2 heterocycles. The highest BCUT2D eigenvalue weighted by Gasteiger charge is 2.27. The van der Waals surface area contributed by atoms with Gasteiger partial charge in [-0.1, -0.05) is 6.92 Å². The van der Waals surface area contributed by atoms with Crippen LogP contribution in [0.2, 0.25) is 0 Å². The number of alkyl halides is 1. The van der Waals surface area contributed by atoms with E-state index in [1.807, 2.05) is 0 Å². The van der Waals surface area contributed by atoms with Gasteiger partial charge in [0.05, 0.1) is 23.5 Å². The number of ether oxygens (including phenoxy) is 1. The topological polar surface area (TPSA) is 27.1 Å². The van der Waals surface area contributed by atoms with Crippen molar-refractivity contribution in [1.82, 2.24) is 9.55 Å². The van der Waals surface area contributed by atoms with Crippen LogP contribution in [-0.2, 0) is 10.6 Å². The minimum absolute atomic E-state index is 0.265. The van der Waals surface area contributed by atoms with E-state index in [1.54, 1.807) is 6.07 Å². The van der Waals surface area contributed by atoms with E-state index in [4.69, 9.17) is 16.3 Å². The molecule has 1 aliphatic rings. The van der Waals surface area contributed by atoms with E-state index in [0.29, 0.717) is 23.4 Å². The molecule has 0 N–H and O–H groups in total. The quantitative estimate of drug-likeness (QED) is 0.788. The first-order valence-electron chi connectivity index (χ1n) is 6.50. The van der Waals surface area contributed by atoms with Gasteiger partial charge in [-0.15, -0.1) is 11.6 Å². The molecule has 2 unspecified atom stereocenters. The minimum Gasteiger partial charge on any atom is -0.381 e. The van der Waals surface area contributed by atoms with Crippen LogP contribution < -0.4 is 0 Å². The lowest BCUT2D eigenvalue weighted by Gasteiger charge is -2.31. The highest BCUT2D eigenvalue weighted by Crippen LogP contribution is 2.32. The van der Waals surface area contributed by atoms with Gasteiger partial charge in [-0.2, -0.15) is 0 Å². The molecule has 0 amide bonds. The largest absolute Gasteiger partial charge is 0.381 e. The SMILES string of the molecule is CC1COCCC1n1c(CCl)nc2cc(F)ccc21. The predicted octanol–water partition coefficient (Wildman–Crippen LogP) is 3.51. The summed E-state index contributed by atoms with van der Waals surface area (Å²) in [4.78, 5) is 4.45. The van der Waals surface area contributed by atoms with Gasteiger partial charge in [0.15, 0.2) is 0 Å². The van der Waals surface area contributed by atoms with Crippen molar-refractivity contribution in [2.75, 3.05) is 13.2 Å².